The lowest BCUT2D eigenvalue weighted by Gasteiger charge is -2.26. The molecule has 0 aliphatic carbocycles. The Labute approximate surface area is 110 Å². The molecule has 17 heavy (non-hydrogen) atoms. The van der Waals surface area contributed by atoms with Crippen LogP contribution in [0, 0.1) is 0 Å². The zero-order valence-corrected chi connectivity index (χ0v) is 12.0. The molecule has 0 saturated heterocycles. The van der Waals surface area contributed by atoms with E-state index in [-0.39, 0.29) is 0 Å². The third-order valence-electron chi connectivity index (χ3n) is 3.02. The van der Waals surface area contributed by atoms with Crippen LogP contribution in [0.1, 0.15) is 13.3 Å². The lowest BCUT2D eigenvalue weighted by Crippen LogP contribution is -2.36. The first-order chi connectivity index (χ1) is 8.27. The fourth-order valence-electron chi connectivity index (χ4n) is 1.86. The summed E-state index contributed by atoms with van der Waals surface area (Å²) in [5, 5.41) is 3.45. The van der Waals surface area contributed by atoms with Crippen molar-refractivity contribution in [2.24, 2.45) is 0 Å². The van der Waals surface area contributed by atoms with Gasteiger partial charge in [-0.05, 0) is 31.9 Å². The number of nitrogens with zero attached hydrogens (tertiary/aromatic N) is 1. The summed E-state index contributed by atoms with van der Waals surface area (Å²) in [5.41, 5.74) is 1.21. The molecule has 3 heteroatoms. The second-order valence-electron chi connectivity index (χ2n) is 4.29. The van der Waals surface area contributed by atoms with Crippen molar-refractivity contribution in [2.45, 2.75) is 19.4 Å². The maximum atomic E-state index is 3.45. The number of likely N-dealkylation sites (N-methyl/N-ethyl adjacent to an activating group) is 1. The Bertz CT molecular complexity index is 290. The molecule has 1 atom stereocenters. The van der Waals surface area contributed by atoms with E-state index in [2.05, 4.69) is 54.7 Å². The molecule has 0 aromatic heterocycles. The number of para-hydroxylation sites is 1. The average Bonchev–Trinajstić information content (AvgIpc) is 2.37. The van der Waals surface area contributed by atoms with Crippen LogP contribution in [0.5, 0.6) is 0 Å². The van der Waals surface area contributed by atoms with Gasteiger partial charge in [-0.25, -0.2) is 0 Å². The van der Waals surface area contributed by atoms with Gasteiger partial charge in [0.15, 0.2) is 0 Å². The number of hydrogen-bond acceptors (Lipinski definition) is 3. The lowest BCUT2D eigenvalue weighted by molar-refractivity contribution is 0.265. The Morgan fingerprint density at radius 2 is 2.00 bits per heavy atom. The van der Waals surface area contributed by atoms with Crippen molar-refractivity contribution in [2.75, 3.05) is 37.5 Å². The summed E-state index contributed by atoms with van der Waals surface area (Å²) < 4.78 is 0. The van der Waals surface area contributed by atoms with Crippen LogP contribution < -0.4 is 5.32 Å². The number of hydrogen-bond donors (Lipinski definition) is 1. The van der Waals surface area contributed by atoms with Gasteiger partial charge in [0.05, 0.1) is 0 Å². The normalized spacial score (nSPS) is 12.7. The Balaban J connectivity index is 2.25. The van der Waals surface area contributed by atoms with Gasteiger partial charge in [0.25, 0.3) is 0 Å². The van der Waals surface area contributed by atoms with E-state index in [9.17, 15) is 0 Å². The zero-order valence-electron chi connectivity index (χ0n) is 11.1. The van der Waals surface area contributed by atoms with Crippen LogP contribution in [-0.4, -0.2) is 43.1 Å². The molecule has 0 saturated carbocycles. The van der Waals surface area contributed by atoms with Gasteiger partial charge in [-0.3, -0.25) is 0 Å². The highest BCUT2D eigenvalue weighted by Crippen LogP contribution is 2.08. The first kappa shape index (κ1) is 14.4. The number of benzene rings is 1. The smallest absolute Gasteiger partial charge is 0.0340 e. The van der Waals surface area contributed by atoms with E-state index in [4.69, 9.17) is 0 Å². The van der Waals surface area contributed by atoms with Crippen molar-refractivity contribution in [3.8, 4) is 0 Å². The molecular weight excluding hydrogens is 228 g/mol. The quantitative estimate of drug-likeness (QED) is 0.765. The monoisotopic (exact) mass is 252 g/mol. The molecule has 0 fully saturated rings. The molecule has 1 unspecified atom stereocenters. The molecule has 1 aromatic rings. The lowest BCUT2D eigenvalue weighted by atomic mass is 10.2. The molecule has 0 bridgehead atoms. The van der Waals surface area contributed by atoms with Gasteiger partial charge in [-0.1, -0.05) is 25.1 Å². The van der Waals surface area contributed by atoms with Crippen LogP contribution in [0.15, 0.2) is 30.3 Å². The molecule has 96 valence electrons. The summed E-state index contributed by atoms with van der Waals surface area (Å²) in [6.45, 7) is 4.36. The van der Waals surface area contributed by atoms with Crippen LogP contribution in [-0.2, 0) is 0 Å². The van der Waals surface area contributed by atoms with Gasteiger partial charge in [-0.15, -0.1) is 0 Å². The Hall–Kier alpha value is -0.670. The van der Waals surface area contributed by atoms with Crippen molar-refractivity contribution in [3.05, 3.63) is 30.3 Å². The van der Waals surface area contributed by atoms with Crippen molar-refractivity contribution in [1.29, 1.82) is 0 Å². The summed E-state index contributed by atoms with van der Waals surface area (Å²) in [7, 11) is 2.22. The SMILES string of the molecule is CCC(CSC)N(C)CCNc1ccccc1. The van der Waals surface area contributed by atoms with Gasteiger partial charge in [0, 0.05) is 30.6 Å². The highest BCUT2D eigenvalue weighted by atomic mass is 32.2. The van der Waals surface area contributed by atoms with Crippen molar-refractivity contribution in [3.63, 3.8) is 0 Å². The highest BCUT2D eigenvalue weighted by Gasteiger charge is 2.10. The number of rotatable bonds is 8. The molecule has 0 aliphatic rings. The standard InChI is InChI=1S/C14H24N2S/c1-4-14(12-17-3)16(2)11-10-15-13-8-6-5-7-9-13/h5-9,14-15H,4,10-12H2,1-3H3. The van der Waals surface area contributed by atoms with Crippen LogP contribution >= 0.6 is 11.8 Å². The summed E-state index contributed by atoms with van der Waals surface area (Å²) in [5.74, 6) is 1.22. The second kappa shape index (κ2) is 8.43. The minimum Gasteiger partial charge on any atom is -0.384 e. The van der Waals surface area contributed by atoms with E-state index in [0.29, 0.717) is 6.04 Å². The molecular formula is C14H24N2S. The third kappa shape index (κ3) is 5.46. The van der Waals surface area contributed by atoms with Gasteiger partial charge >= 0.3 is 0 Å². The van der Waals surface area contributed by atoms with Gasteiger partial charge in [0.2, 0.25) is 0 Å². The Kier molecular flexibility index (Phi) is 7.13. The minimum absolute atomic E-state index is 0.697. The number of nitrogens with one attached hydrogen (secondary N) is 1. The second-order valence-corrected chi connectivity index (χ2v) is 5.20. The average molecular weight is 252 g/mol. The molecule has 1 rings (SSSR count). The fraction of sp³-hybridized carbons (Fsp3) is 0.571. The third-order valence-corrected chi connectivity index (χ3v) is 3.74. The molecule has 0 spiro atoms. The van der Waals surface area contributed by atoms with E-state index < -0.39 is 0 Å². The maximum Gasteiger partial charge on any atom is 0.0340 e. The van der Waals surface area contributed by atoms with Crippen LogP contribution in [0.2, 0.25) is 0 Å². The first-order valence-corrected chi connectivity index (χ1v) is 7.65. The van der Waals surface area contributed by atoms with E-state index in [1.165, 1.54) is 17.9 Å². The minimum atomic E-state index is 0.697. The Morgan fingerprint density at radius 3 is 2.59 bits per heavy atom. The van der Waals surface area contributed by atoms with Gasteiger partial charge < -0.3 is 10.2 Å². The summed E-state index contributed by atoms with van der Waals surface area (Å²) in [4.78, 5) is 2.45. The number of thioether (sulfide) groups is 1. The topological polar surface area (TPSA) is 15.3 Å². The number of anilines is 1. The maximum absolute atomic E-state index is 3.45. The van der Waals surface area contributed by atoms with Crippen LogP contribution in [0.25, 0.3) is 0 Å². The predicted octanol–water partition coefficient (Wildman–Crippen LogP) is 3.17. The van der Waals surface area contributed by atoms with E-state index in [0.717, 1.165) is 13.1 Å². The molecule has 1 N–H and O–H groups in total. The molecule has 1 aromatic carbocycles. The summed E-state index contributed by atoms with van der Waals surface area (Å²) in [6, 6.07) is 11.1. The largest absolute Gasteiger partial charge is 0.384 e. The summed E-state index contributed by atoms with van der Waals surface area (Å²) >= 11 is 1.93. The van der Waals surface area contributed by atoms with E-state index in [1.807, 2.05) is 17.8 Å². The molecule has 0 amide bonds. The van der Waals surface area contributed by atoms with Crippen LogP contribution in [0.4, 0.5) is 5.69 Å². The molecule has 0 heterocycles. The Morgan fingerprint density at radius 1 is 1.29 bits per heavy atom. The van der Waals surface area contributed by atoms with E-state index in [1.54, 1.807) is 0 Å². The van der Waals surface area contributed by atoms with Crippen molar-refractivity contribution < 1.29 is 0 Å². The highest BCUT2D eigenvalue weighted by molar-refractivity contribution is 7.98. The molecule has 2 nitrogen and oxygen atoms in total. The first-order valence-electron chi connectivity index (χ1n) is 6.26. The predicted molar refractivity (Wildman–Crippen MR) is 80.0 cm³/mol. The van der Waals surface area contributed by atoms with Crippen LogP contribution in [0.3, 0.4) is 0 Å². The van der Waals surface area contributed by atoms with Crippen molar-refractivity contribution in [1.82, 2.24) is 4.90 Å². The molecule has 0 aliphatic heterocycles. The summed E-state index contributed by atoms with van der Waals surface area (Å²) in [6.07, 6.45) is 3.40. The van der Waals surface area contributed by atoms with Gasteiger partial charge in [-0.2, -0.15) is 11.8 Å². The van der Waals surface area contributed by atoms with E-state index >= 15 is 0 Å². The van der Waals surface area contributed by atoms with Gasteiger partial charge in [0.1, 0.15) is 0 Å². The van der Waals surface area contributed by atoms with Crippen molar-refractivity contribution >= 4 is 17.4 Å². The molecule has 0 radical (unpaired) electrons. The fourth-order valence-corrected chi connectivity index (χ4v) is 2.74. The zero-order chi connectivity index (χ0) is 12.5.